The third-order valence-corrected chi connectivity index (χ3v) is 2.49. The Morgan fingerprint density at radius 1 is 1.50 bits per heavy atom. The van der Waals surface area contributed by atoms with E-state index in [0.29, 0.717) is 0 Å². The minimum Gasteiger partial charge on any atom is -0.360 e. The first kappa shape index (κ1) is 6.07. The Bertz CT molecular complexity index is 175. The van der Waals surface area contributed by atoms with Gasteiger partial charge in [-0.05, 0) is 36.4 Å². The molecule has 0 amide bonds. The molecule has 0 atom stereocenters. The summed E-state index contributed by atoms with van der Waals surface area (Å²) < 4.78 is 5.96. The van der Waals surface area contributed by atoms with Crippen LogP contribution in [0.15, 0.2) is 4.52 Å². The molecule has 1 rings (SSSR count). The minimum absolute atomic E-state index is 0.906. The number of hydrogen-bond donors (Lipinski definition) is 0. The summed E-state index contributed by atoms with van der Waals surface area (Å²) in [4.78, 5) is 0. The molecule has 0 aliphatic heterocycles. The SMILES string of the molecule is Cc1noc(C)c1I. The monoisotopic (exact) mass is 223 g/mol. The van der Waals surface area contributed by atoms with Crippen molar-refractivity contribution in [3.8, 4) is 0 Å². The van der Waals surface area contributed by atoms with Gasteiger partial charge in [-0.3, -0.25) is 0 Å². The highest BCUT2D eigenvalue weighted by molar-refractivity contribution is 14.1. The topological polar surface area (TPSA) is 26.0 Å². The summed E-state index contributed by atoms with van der Waals surface area (Å²) in [6, 6.07) is 0. The van der Waals surface area contributed by atoms with Crippen molar-refractivity contribution < 1.29 is 4.52 Å². The predicted molar refractivity (Wildman–Crippen MR) is 38.7 cm³/mol. The zero-order valence-electron chi connectivity index (χ0n) is 4.73. The largest absolute Gasteiger partial charge is 0.360 e. The van der Waals surface area contributed by atoms with Gasteiger partial charge in [0.1, 0.15) is 5.76 Å². The lowest BCUT2D eigenvalue weighted by atomic mass is 10.4. The highest BCUT2D eigenvalue weighted by Crippen LogP contribution is 2.13. The lowest BCUT2D eigenvalue weighted by molar-refractivity contribution is 0.392. The zero-order chi connectivity index (χ0) is 6.15. The predicted octanol–water partition coefficient (Wildman–Crippen LogP) is 1.90. The minimum atomic E-state index is 0.906. The Morgan fingerprint density at radius 3 is 2.25 bits per heavy atom. The number of halogens is 1. The van der Waals surface area contributed by atoms with Crippen LogP contribution in [0.4, 0.5) is 0 Å². The summed E-state index contributed by atoms with van der Waals surface area (Å²) >= 11 is 2.21. The molecule has 0 fully saturated rings. The lowest BCUT2D eigenvalue weighted by Gasteiger charge is -1.77. The molecule has 0 aliphatic carbocycles. The summed E-state index contributed by atoms with van der Waals surface area (Å²) in [6.45, 7) is 3.83. The van der Waals surface area contributed by atoms with Crippen molar-refractivity contribution in [2.75, 3.05) is 0 Å². The van der Waals surface area contributed by atoms with Crippen LogP contribution in [-0.2, 0) is 0 Å². The van der Waals surface area contributed by atoms with Crippen LogP contribution >= 0.6 is 22.6 Å². The number of aryl methyl sites for hydroxylation is 2. The van der Waals surface area contributed by atoms with Crippen LogP contribution in [0, 0.1) is 17.4 Å². The molecule has 3 heteroatoms. The molecule has 2 nitrogen and oxygen atoms in total. The van der Waals surface area contributed by atoms with Gasteiger partial charge in [0.25, 0.3) is 0 Å². The van der Waals surface area contributed by atoms with Crippen LogP contribution < -0.4 is 0 Å². The van der Waals surface area contributed by atoms with E-state index < -0.39 is 0 Å². The highest BCUT2D eigenvalue weighted by atomic mass is 127. The first-order valence-corrected chi connectivity index (χ1v) is 3.38. The third-order valence-electron chi connectivity index (χ3n) is 0.946. The van der Waals surface area contributed by atoms with Gasteiger partial charge in [-0.15, -0.1) is 0 Å². The molecule has 8 heavy (non-hydrogen) atoms. The van der Waals surface area contributed by atoms with Gasteiger partial charge in [0.15, 0.2) is 0 Å². The van der Waals surface area contributed by atoms with E-state index in [0.717, 1.165) is 15.0 Å². The second-order valence-electron chi connectivity index (χ2n) is 1.64. The number of nitrogens with zero attached hydrogens (tertiary/aromatic N) is 1. The van der Waals surface area contributed by atoms with E-state index in [4.69, 9.17) is 4.52 Å². The standard InChI is InChI=1S/C5H6INO/c1-3-5(6)4(2)8-7-3/h1-2H3. The van der Waals surface area contributed by atoms with Crippen LogP contribution in [0.2, 0.25) is 0 Å². The van der Waals surface area contributed by atoms with Crippen molar-refractivity contribution >= 4 is 22.6 Å². The second-order valence-corrected chi connectivity index (χ2v) is 2.72. The summed E-state index contributed by atoms with van der Waals surface area (Å²) in [5.41, 5.74) is 0.975. The van der Waals surface area contributed by atoms with Crippen LogP contribution in [0.25, 0.3) is 0 Å². The Labute approximate surface area is 61.4 Å². The molecule has 0 aromatic carbocycles. The first-order valence-electron chi connectivity index (χ1n) is 2.30. The van der Waals surface area contributed by atoms with Gasteiger partial charge >= 0.3 is 0 Å². The van der Waals surface area contributed by atoms with E-state index in [2.05, 4.69) is 27.7 Å². The number of rotatable bonds is 0. The second kappa shape index (κ2) is 2.05. The molecule has 0 spiro atoms. The van der Waals surface area contributed by atoms with Gasteiger partial charge in [-0.25, -0.2) is 0 Å². The van der Waals surface area contributed by atoms with Crippen molar-refractivity contribution in [2.24, 2.45) is 0 Å². The molecule has 1 heterocycles. The molecule has 44 valence electrons. The van der Waals surface area contributed by atoms with Gasteiger partial charge in [-0.1, -0.05) is 5.16 Å². The molecular weight excluding hydrogens is 217 g/mol. The quantitative estimate of drug-likeness (QED) is 0.627. The summed E-state index contributed by atoms with van der Waals surface area (Å²) in [5.74, 6) is 0.906. The molecule has 0 unspecified atom stereocenters. The fraction of sp³-hybridized carbons (Fsp3) is 0.400. The molecule has 0 aliphatic rings. The summed E-state index contributed by atoms with van der Waals surface area (Å²) in [7, 11) is 0. The van der Waals surface area contributed by atoms with Crippen LogP contribution in [-0.4, -0.2) is 5.16 Å². The highest BCUT2D eigenvalue weighted by Gasteiger charge is 2.01. The summed E-state index contributed by atoms with van der Waals surface area (Å²) in [6.07, 6.45) is 0. The fourth-order valence-corrected chi connectivity index (χ4v) is 0.669. The Morgan fingerprint density at radius 2 is 2.12 bits per heavy atom. The van der Waals surface area contributed by atoms with Crippen molar-refractivity contribution in [2.45, 2.75) is 13.8 Å². The Kier molecular flexibility index (Phi) is 1.55. The maximum atomic E-state index is 4.84. The lowest BCUT2D eigenvalue weighted by Crippen LogP contribution is -1.71. The molecule has 0 saturated carbocycles. The molecule has 0 saturated heterocycles. The fourth-order valence-electron chi connectivity index (χ4n) is 0.472. The molecule has 1 aromatic heterocycles. The molecule has 0 bridgehead atoms. The molecule has 0 N–H and O–H groups in total. The molecular formula is C5H6INO. The number of aromatic nitrogens is 1. The average Bonchev–Trinajstić information content (AvgIpc) is 1.98. The Hall–Kier alpha value is -0.0600. The van der Waals surface area contributed by atoms with E-state index in [1.165, 1.54) is 0 Å². The van der Waals surface area contributed by atoms with Crippen LogP contribution in [0.5, 0.6) is 0 Å². The van der Waals surface area contributed by atoms with E-state index in [9.17, 15) is 0 Å². The van der Waals surface area contributed by atoms with Crippen molar-refractivity contribution in [1.82, 2.24) is 5.16 Å². The van der Waals surface area contributed by atoms with E-state index in [-0.39, 0.29) is 0 Å². The smallest absolute Gasteiger partial charge is 0.147 e. The van der Waals surface area contributed by atoms with Crippen molar-refractivity contribution in [3.05, 3.63) is 15.0 Å². The number of hydrogen-bond acceptors (Lipinski definition) is 2. The maximum Gasteiger partial charge on any atom is 0.147 e. The normalized spacial score (nSPS) is 9.88. The third kappa shape index (κ3) is 0.866. The van der Waals surface area contributed by atoms with E-state index in [1.54, 1.807) is 0 Å². The van der Waals surface area contributed by atoms with Crippen LogP contribution in [0.3, 0.4) is 0 Å². The first-order chi connectivity index (χ1) is 3.72. The average molecular weight is 223 g/mol. The van der Waals surface area contributed by atoms with Crippen molar-refractivity contribution in [3.63, 3.8) is 0 Å². The van der Waals surface area contributed by atoms with Gasteiger partial charge in [0.2, 0.25) is 0 Å². The van der Waals surface area contributed by atoms with Crippen molar-refractivity contribution in [1.29, 1.82) is 0 Å². The zero-order valence-corrected chi connectivity index (χ0v) is 6.89. The van der Waals surface area contributed by atoms with Crippen LogP contribution in [0.1, 0.15) is 11.5 Å². The van der Waals surface area contributed by atoms with Gasteiger partial charge in [0.05, 0.1) is 9.26 Å². The maximum absolute atomic E-state index is 4.84. The van der Waals surface area contributed by atoms with E-state index in [1.807, 2.05) is 13.8 Å². The van der Waals surface area contributed by atoms with Gasteiger partial charge in [0, 0.05) is 0 Å². The van der Waals surface area contributed by atoms with Gasteiger partial charge in [-0.2, -0.15) is 0 Å². The molecule has 1 aromatic rings. The Balaban J connectivity index is 3.19. The van der Waals surface area contributed by atoms with E-state index >= 15 is 0 Å². The van der Waals surface area contributed by atoms with Gasteiger partial charge < -0.3 is 4.52 Å². The molecule has 0 radical (unpaired) electrons. The summed E-state index contributed by atoms with van der Waals surface area (Å²) in [5, 5.41) is 3.73.